The van der Waals surface area contributed by atoms with Gasteiger partial charge in [-0.1, -0.05) is 32.8 Å². The maximum atomic E-state index is 5.83. The zero-order valence-electron chi connectivity index (χ0n) is 14.1. The van der Waals surface area contributed by atoms with Crippen LogP contribution in [0.5, 0.6) is 11.5 Å². The van der Waals surface area contributed by atoms with Crippen LogP contribution >= 0.6 is 0 Å². The van der Waals surface area contributed by atoms with Gasteiger partial charge in [-0.15, -0.1) is 0 Å². The molecule has 0 unspecified atom stereocenters. The van der Waals surface area contributed by atoms with Gasteiger partial charge in [0.05, 0.1) is 6.61 Å². The average Bonchev–Trinajstić information content (AvgIpc) is 2.48. The van der Waals surface area contributed by atoms with E-state index >= 15 is 0 Å². The lowest BCUT2D eigenvalue weighted by molar-refractivity contribution is 0.183. The van der Waals surface area contributed by atoms with Gasteiger partial charge in [0.1, 0.15) is 18.1 Å². The molecule has 21 heavy (non-hydrogen) atoms. The van der Waals surface area contributed by atoms with Gasteiger partial charge in [-0.25, -0.2) is 0 Å². The van der Waals surface area contributed by atoms with Gasteiger partial charge < -0.3 is 9.47 Å². The number of rotatable bonds is 11. The molecule has 0 spiro atoms. The number of likely N-dealkylation sites (N-methyl/N-ethyl adjacent to an activating group) is 1. The van der Waals surface area contributed by atoms with E-state index in [0.29, 0.717) is 12.6 Å². The molecule has 0 N–H and O–H groups in total. The van der Waals surface area contributed by atoms with Crippen LogP contribution in [0, 0.1) is 0 Å². The molecule has 0 saturated heterocycles. The molecule has 1 aromatic rings. The van der Waals surface area contributed by atoms with Crippen molar-refractivity contribution in [1.29, 1.82) is 0 Å². The Balaban J connectivity index is 2.35. The molecular weight excluding hydrogens is 262 g/mol. The third-order valence-electron chi connectivity index (χ3n) is 3.61. The summed E-state index contributed by atoms with van der Waals surface area (Å²) in [5.41, 5.74) is 0. The normalized spacial score (nSPS) is 11.1. The van der Waals surface area contributed by atoms with Crippen molar-refractivity contribution >= 4 is 0 Å². The van der Waals surface area contributed by atoms with E-state index in [1.165, 1.54) is 12.8 Å². The maximum absolute atomic E-state index is 5.83. The van der Waals surface area contributed by atoms with Crippen LogP contribution in [0.4, 0.5) is 0 Å². The van der Waals surface area contributed by atoms with E-state index < -0.39 is 0 Å². The van der Waals surface area contributed by atoms with E-state index in [1.54, 1.807) is 0 Å². The number of benzene rings is 1. The largest absolute Gasteiger partial charge is 0.493 e. The van der Waals surface area contributed by atoms with E-state index in [2.05, 4.69) is 32.6 Å². The minimum Gasteiger partial charge on any atom is -0.493 e. The Labute approximate surface area is 130 Å². The lowest BCUT2D eigenvalue weighted by Crippen LogP contribution is -2.34. The SMILES string of the molecule is CCCCCOc1cccc(OCCN(CC)C(C)C)c1. The molecular formula is C18H31NO2. The second kappa shape index (κ2) is 10.5. The van der Waals surface area contributed by atoms with E-state index in [-0.39, 0.29) is 0 Å². The Morgan fingerprint density at radius 1 is 1.00 bits per heavy atom. The van der Waals surface area contributed by atoms with Crippen LogP contribution in [0.25, 0.3) is 0 Å². The third kappa shape index (κ3) is 7.37. The van der Waals surface area contributed by atoms with Crippen molar-refractivity contribution in [3.05, 3.63) is 24.3 Å². The van der Waals surface area contributed by atoms with Gasteiger partial charge in [0, 0.05) is 18.7 Å². The van der Waals surface area contributed by atoms with Gasteiger partial charge in [0.15, 0.2) is 0 Å². The number of hydrogen-bond donors (Lipinski definition) is 0. The Kier molecular flexibility index (Phi) is 8.91. The summed E-state index contributed by atoms with van der Waals surface area (Å²) in [7, 11) is 0. The lowest BCUT2D eigenvalue weighted by atomic mass is 10.3. The first-order valence-corrected chi connectivity index (χ1v) is 8.27. The highest BCUT2D eigenvalue weighted by molar-refractivity contribution is 5.32. The molecule has 0 atom stereocenters. The summed E-state index contributed by atoms with van der Waals surface area (Å²) < 4.78 is 11.6. The predicted molar refractivity (Wildman–Crippen MR) is 89.3 cm³/mol. The summed E-state index contributed by atoms with van der Waals surface area (Å²) >= 11 is 0. The molecule has 0 aromatic heterocycles. The van der Waals surface area contributed by atoms with Crippen molar-refractivity contribution in [2.45, 2.75) is 53.0 Å². The van der Waals surface area contributed by atoms with E-state index in [9.17, 15) is 0 Å². The minimum absolute atomic E-state index is 0.562. The van der Waals surface area contributed by atoms with Crippen LogP contribution in [0.1, 0.15) is 47.0 Å². The minimum atomic E-state index is 0.562. The smallest absolute Gasteiger partial charge is 0.123 e. The van der Waals surface area contributed by atoms with Crippen molar-refractivity contribution in [2.24, 2.45) is 0 Å². The second-order valence-corrected chi connectivity index (χ2v) is 5.60. The summed E-state index contributed by atoms with van der Waals surface area (Å²) in [6.07, 6.45) is 3.55. The molecule has 120 valence electrons. The number of unbranched alkanes of at least 4 members (excludes halogenated alkanes) is 2. The van der Waals surface area contributed by atoms with Gasteiger partial charge in [-0.2, -0.15) is 0 Å². The molecule has 0 aliphatic rings. The Hall–Kier alpha value is -1.22. The standard InChI is InChI=1S/C18H31NO2/c1-5-7-8-13-20-17-10-9-11-18(15-17)21-14-12-19(6-2)16(3)4/h9-11,15-16H,5-8,12-14H2,1-4H3. The first kappa shape index (κ1) is 17.8. The molecule has 1 rings (SSSR count). The second-order valence-electron chi connectivity index (χ2n) is 5.60. The molecule has 3 heteroatoms. The van der Waals surface area contributed by atoms with Gasteiger partial charge in [0.2, 0.25) is 0 Å². The molecule has 0 aliphatic carbocycles. The van der Waals surface area contributed by atoms with E-state index in [0.717, 1.165) is 37.6 Å². The zero-order valence-corrected chi connectivity index (χ0v) is 14.1. The lowest BCUT2D eigenvalue weighted by Gasteiger charge is -2.24. The Bertz CT molecular complexity index is 379. The van der Waals surface area contributed by atoms with E-state index in [1.807, 2.05) is 24.3 Å². The Morgan fingerprint density at radius 3 is 2.24 bits per heavy atom. The summed E-state index contributed by atoms with van der Waals surface area (Å²) in [6.45, 7) is 12.3. The van der Waals surface area contributed by atoms with Crippen molar-refractivity contribution in [3.8, 4) is 11.5 Å². The molecule has 0 aliphatic heterocycles. The van der Waals surface area contributed by atoms with Crippen molar-refractivity contribution in [3.63, 3.8) is 0 Å². The summed E-state index contributed by atoms with van der Waals surface area (Å²) in [6, 6.07) is 8.52. The predicted octanol–water partition coefficient (Wildman–Crippen LogP) is 4.36. The highest BCUT2D eigenvalue weighted by Gasteiger charge is 2.06. The molecule has 3 nitrogen and oxygen atoms in total. The van der Waals surface area contributed by atoms with E-state index in [4.69, 9.17) is 9.47 Å². The first-order chi connectivity index (χ1) is 10.2. The average molecular weight is 293 g/mol. The molecule has 0 amide bonds. The fourth-order valence-electron chi connectivity index (χ4n) is 2.26. The first-order valence-electron chi connectivity index (χ1n) is 8.27. The summed E-state index contributed by atoms with van der Waals surface area (Å²) in [4.78, 5) is 2.39. The fraction of sp³-hybridized carbons (Fsp3) is 0.667. The van der Waals surface area contributed by atoms with Crippen LogP contribution in [-0.4, -0.2) is 37.2 Å². The molecule has 0 fully saturated rings. The van der Waals surface area contributed by atoms with Gasteiger partial charge in [-0.3, -0.25) is 4.90 Å². The molecule has 0 heterocycles. The molecule has 0 bridgehead atoms. The monoisotopic (exact) mass is 293 g/mol. The third-order valence-corrected chi connectivity index (χ3v) is 3.61. The van der Waals surface area contributed by atoms with Crippen molar-refractivity contribution in [2.75, 3.05) is 26.3 Å². The fourth-order valence-corrected chi connectivity index (χ4v) is 2.26. The highest BCUT2D eigenvalue weighted by Crippen LogP contribution is 2.19. The molecule has 1 aromatic carbocycles. The van der Waals surface area contributed by atoms with Crippen molar-refractivity contribution < 1.29 is 9.47 Å². The number of ether oxygens (including phenoxy) is 2. The van der Waals surface area contributed by atoms with Crippen LogP contribution in [0.15, 0.2) is 24.3 Å². The van der Waals surface area contributed by atoms with Gasteiger partial charge in [-0.05, 0) is 38.9 Å². The molecule has 0 radical (unpaired) electrons. The highest BCUT2D eigenvalue weighted by atomic mass is 16.5. The number of nitrogens with zero attached hydrogens (tertiary/aromatic N) is 1. The maximum Gasteiger partial charge on any atom is 0.123 e. The van der Waals surface area contributed by atoms with Crippen LogP contribution in [-0.2, 0) is 0 Å². The molecule has 0 saturated carbocycles. The van der Waals surface area contributed by atoms with Gasteiger partial charge >= 0.3 is 0 Å². The van der Waals surface area contributed by atoms with Crippen LogP contribution in [0.2, 0.25) is 0 Å². The van der Waals surface area contributed by atoms with Crippen LogP contribution < -0.4 is 9.47 Å². The topological polar surface area (TPSA) is 21.7 Å². The van der Waals surface area contributed by atoms with Crippen molar-refractivity contribution in [1.82, 2.24) is 4.90 Å². The van der Waals surface area contributed by atoms with Crippen LogP contribution in [0.3, 0.4) is 0 Å². The summed E-state index contributed by atoms with van der Waals surface area (Å²) in [5, 5.41) is 0. The number of hydrogen-bond acceptors (Lipinski definition) is 3. The zero-order chi connectivity index (χ0) is 15.5. The van der Waals surface area contributed by atoms with Gasteiger partial charge in [0.25, 0.3) is 0 Å². The summed E-state index contributed by atoms with van der Waals surface area (Å²) in [5.74, 6) is 1.79. The quantitative estimate of drug-likeness (QED) is 0.566. The Morgan fingerprint density at radius 2 is 1.67 bits per heavy atom.